The lowest BCUT2D eigenvalue weighted by molar-refractivity contribution is -0.129. The molecule has 0 bridgehead atoms. The zero-order valence-corrected chi connectivity index (χ0v) is 23.0. The summed E-state index contributed by atoms with van der Waals surface area (Å²) in [6, 6.07) is 19.0. The van der Waals surface area contributed by atoms with E-state index < -0.39 is 17.6 Å². The molecule has 1 aliphatic heterocycles. The molecule has 11 heteroatoms. The highest BCUT2D eigenvalue weighted by atomic mass is 35.5. The second-order valence-corrected chi connectivity index (χ2v) is 9.79. The SMILES string of the molecule is C=CC[C@@]1(C(=O)NCc2ccc(Cl)cc2Cl)N=C(c2ccc(OCCCO)cc2)O[C@@H]1c1ccccc1N=[N+]=[N-]. The second-order valence-electron chi connectivity index (χ2n) is 8.95. The number of benzene rings is 3. The molecule has 0 fully saturated rings. The van der Waals surface area contributed by atoms with Gasteiger partial charge >= 0.3 is 0 Å². The van der Waals surface area contributed by atoms with E-state index in [4.69, 9.17) is 48.3 Å². The molecule has 3 aromatic carbocycles. The van der Waals surface area contributed by atoms with Crippen LogP contribution in [-0.4, -0.2) is 35.7 Å². The van der Waals surface area contributed by atoms with Gasteiger partial charge in [-0.05, 0) is 47.5 Å². The Morgan fingerprint density at radius 2 is 2.00 bits per heavy atom. The lowest BCUT2D eigenvalue weighted by Crippen LogP contribution is -2.47. The van der Waals surface area contributed by atoms with Crippen LogP contribution in [0, 0.1) is 0 Å². The van der Waals surface area contributed by atoms with Crippen LogP contribution in [0.1, 0.15) is 35.6 Å². The van der Waals surface area contributed by atoms with Crippen LogP contribution < -0.4 is 10.1 Å². The summed E-state index contributed by atoms with van der Waals surface area (Å²) in [6.07, 6.45) is 1.33. The van der Waals surface area contributed by atoms with Crippen molar-refractivity contribution in [2.75, 3.05) is 13.2 Å². The summed E-state index contributed by atoms with van der Waals surface area (Å²) in [4.78, 5) is 21.8. The molecule has 0 saturated carbocycles. The van der Waals surface area contributed by atoms with Crippen molar-refractivity contribution in [1.29, 1.82) is 0 Å². The van der Waals surface area contributed by atoms with Crippen LogP contribution >= 0.6 is 23.2 Å². The largest absolute Gasteiger partial charge is 0.494 e. The number of carbonyl (C=O) groups is 1. The van der Waals surface area contributed by atoms with Crippen molar-refractivity contribution in [3.05, 3.63) is 117 Å². The van der Waals surface area contributed by atoms with Crippen LogP contribution in [0.4, 0.5) is 5.69 Å². The maximum absolute atomic E-state index is 14.0. The molecular formula is C29H27Cl2N5O4. The molecule has 4 rings (SSSR count). The first-order chi connectivity index (χ1) is 19.4. The van der Waals surface area contributed by atoms with Gasteiger partial charge < -0.3 is 19.9 Å². The van der Waals surface area contributed by atoms with E-state index in [2.05, 4.69) is 21.9 Å². The number of halogens is 2. The number of ether oxygens (including phenoxy) is 2. The first-order valence-electron chi connectivity index (χ1n) is 12.5. The number of rotatable bonds is 12. The Labute approximate surface area is 241 Å². The van der Waals surface area contributed by atoms with Gasteiger partial charge in [0.05, 0.1) is 6.61 Å². The molecule has 2 N–H and O–H groups in total. The Hall–Kier alpha value is -4.01. The average Bonchev–Trinajstić information content (AvgIpc) is 3.34. The van der Waals surface area contributed by atoms with Crippen LogP contribution in [-0.2, 0) is 16.1 Å². The second kappa shape index (κ2) is 13.4. The van der Waals surface area contributed by atoms with Crippen molar-refractivity contribution < 1.29 is 19.4 Å². The van der Waals surface area contributed by atoms with Gasteiger partial charge in [0, 0.05) is 57.8 Å². The highest BCUT2D eigenvalue weighted by Gasteiger charge is 2.53. The number of hydrogen-bond donors (Lipinski definition) is 2. The first-order valence-corrected chi connectivity index (χ1v) is 13.2. The third kappa shape index (κ3) is 6.41. The number of azide groups is 1. The van der Waals surface area contributed by atoms with Gasteiger partial charge in [-0.15, -0.1) is 6.58 Å². The normalized spacial score (nSPS) is 17.8. The summed E-state index contributed by atoms with van der Waals surface area (Å²) in [7, 11) is 0. The summed E-state index contributed by atoms with van der Waals surface area (Å²) in [5.41, 5.74) is 9.83. The van der Waals surface area contributed by atoms with Crippen molar-refractivity contribution >= 4 is 40.7 Å². The van der Waals surface area contributed by atoms with Gasteiger partial charge in [-0.1, -0.05) is 64.7 Å². The number of aliphatic imine (C=N–C) groups is 1. The number of aliphatic hydroxyl groups excluding tert-OH is 1. The summed E-state index contributed by atoms with van der Waals surface area (Å²) < 4.78 is 12.0. The fraction of sp³-hybridized carbons (Fsp3) is 0.241. The molecule has 9 nitrogen and oxygen atoms in total. The molecule has 0 aliphatic carbocycles. The van der Waals surface area contributed by atoms with E-state index in [0.717, 1.165) is 0 Å². The highest BCUT2D eigenvalue weighted by Crippen LogP contribution is 2.45. The van der Waals surface area contributed by atoms with Gasteiger partial charge in [-0.2, -0.15) is 0 Å². The van der Waals surface area contributed by atoms with Gasteiger partial charge in [0.2, 0.25) is 5.90 Å². The van der Waals surface area contributed by atoms with E-state index in [0.29, 0.717) is 51.2 Å². The Morgan fingerprint density at radius 3 is 2.70 bits per heavy atom. The fourth-order valence-corrected chi connectivity index (χ4v) is 4.83. The van der Waals surface area contributed by atoms with E-state index in [9.17, 15) is 4.79 Å². The number of amides is 1. The minimum absolute atomic E-state index is 0.0408. The van der Waals surface area contributed by atoms with Crippen LogP contribution in [0.15, 0.2) is 89.5 Å². The van der Waals surface area contributed by atoms with Crippen molar-refractivity contribution in [3.8, 4) is 5.75 Å². The molecule has 3 aromatic rings. The van der Waals surface area contributed by atoms with Gasteiger partial charge in [0.15, 0.2) is 11.6 Å². The van der Waals surface area contributed by atoms with E-state index in [1.807, 2.05) is 0 Å². The van der Waals surface area contributed by atoms with E-state index in [1.54, 1.807) is 72.8 Å². The Morgan fingerprint density at radius 1 is 1.23 bits per heavy atom. The topological polar surface area (TPSA) is 129 Å². The summed E-state index contributed by atoms with van der Waals surface area (Å²) in [5, 5.41) is 16.7. The quantitative estimate of drug-likeness (QED) is 0.0798. The van der Waals surface area contributed by atoms with Crippen molar-refractivity contribution in [3.63, 3.8) is 0 Å². The zero-order chi connectivity index (χ0) is 28.5. The summed E-state index contributed by atoms with van der Waals surface area (Å²) >= 11 is 12.4. The molecule has 1 amide bonds. The minimum atomic E-state index is -1.46. The molecule has 40 heavy (non-hydrogen) atoms. The summed E-state index contributed by atoms with van der Waals surface area (Å²) in [6.45, 7) is 4.42. The number of nitrogens with zero attached hydrogens (tertiary/aromatic N) is 4. The van der Waals surface area contributed by atoms with E-state index in [1.165, 1.54) is 0 Å². The van der Waals surface area contributed by atoms with Crippen LogP contribution in [0.3, 0.4) is 0 Å². The fourth-order valence-electron chi connectivity index (χ4n) is 4.35. The highest BCUT2D eigenvalue weighted by molar-refractivity contribution is 6.35. The molecule has 1 aliphatic rings. The van der Waals surface area contributed by atoms with Crippen molar-refractivity contribution in [2.45, 2.75) is 31.0 Å². The molecule has 206 valence electrons. The van der Waals surface area contributed by atoms with Crippen LogP contribution in [0.25, 0.3) is 10.4 Å². The molecule has 0 saturated heterocycles. The molecule has 0 aromatic heterocycles. The monoisotopic (exact) mass is 579 g/mol. The predicted octanol–water partition coefficient (Wildman–Crippen LogP) is 6.85. The smallest absolute Gasteiger partial charge is 0.252 e. The maximum atomic E-state index is 14.0. The summed E-state index contributed by atoms with van der Waals surface area (Å²) in [5.74, 6) is 0.443. The van der Waals surface area contributed by atoms with Gasteiger partial charge in [0.25, 0.3) is 5.91 Å². The van der Waals surface area contributed by atoms with E-state index >= 15 is 0 Å². The number of aliphatic hydroxyl groups is 1. The molecule has 0 unspecified atom stereocenters. The number of nitrogens with one attached hydrogen (secondary N) is 1. The molecular weight excluding hydrogens is 553 g/mol. The predicted molar refractivity (Wildman–Crippen MR) is 155 cm³/mol. The molecule has 0 radical (unpaired) electrons. The standard InChI is InChI=1S/C29H27Cl2N5O4/c1-2-14-29(28(38)33-18-20-8-11-21(30)17-24(20)31)26(23-6-3-4-7-25(23)35-36-32)40-27(34-29)19-9-12-22(13-10-19)39-16-5-15-37/h2-4,6-13,17,26,37H,1,5,14-16,18H2,(H,33,38)/t26-,29-/m1/s1. The van der Waals surface area contributed by atoms with Crippen molar-refractivity contribution in [1.82, 2.24) is 5.32 Å². The molecule has 0 spiro atoms. The molecule has 2 atom stereocenters. The third-order valence-electron chi connectivity index (χ3n) is 6.31. The minimum Gasteiger partial charge on any atom is -0.494 e. The van der Waals surface area contributed by atoms with Crippen LogP contribution in [0.2, 0.25) is 10.0 Å². The van der Waals surface area contributed by atoms with E-state index in [-0.39, 0.29) is 25.5 Å². The van der Waals surface area contributed by atoms with Crippen LogP contribution in [0.5, 0.6) is 5.75 Å². The number of hydrogen-bond acceptors (Lipinski definition) is 6. The van der Waals surface area contributed by atoms with Gasteiger partial charge in [0.1, 0.15) is 5.75 Å². The molecule has 1 heterocycles. The van der Waals surface area contributed by atoms with Gasteiger partial charge in [-0.25, -0.2) is 4.99 Å². The zero-order valence-electron chi connectivity index (χ0n) is 21.5. The average molecular weight is 580 g/mol. The Balaban J connectivity index is 1.73. The van der Waals surface area contributed by atoms with Crippen molar-refractivity contribution in [2.24, 2.45) is 10.1 Å². The lowest BCUT2D eigenvalue weighted by atomic mass is 9.83. The Kier molecular flexibility index (Phi) is 9.69. The Bertz CT molecular complexity index is 1460. The maximum Gasteiger partial charge on any atom is 0.252 e. The van der Waals surface area contributed by atoms with Gasteiger partial charge in [-0.3, -0.25) is 4.79 Å². The number of carbonyl (C=O) groups excluding carboxylic acids is 1. The first kappa shape index (κ1) is 29.0. The lowest BCUT2D eigenvalue weighted by Gasteiger charge is -2.30. The third-order valence-corrected chi connectivity index (χ3v) is 6.90.